The van der Waals surface area contributed by atoms with Crippen LogP contribution in [0.2, 0.25) is 0 Å². The number of para-hydroxylation sites is 3. The Kier molecular flexibility index (Phi) is 3.66. The Morgan fingerprint density at radius 1 is 0.714 bits per heavy atom. The van der Waals surface area contributed by atoms with Crippen LogP contribution in [0, 0.1) is 6.92 Å². The zero-order valence-electron chi connectivity index (χ0n) is 15.8. The van der Waals surface area contributed by atoms with Crippen molar-refractivity contribution in [3.05, 3.63) is 94.9 Å². The Balaban J connectivity index is 1.96. The number of pyridine rings is 1. The van der Waals surface area contributed by atoms with Gasteiger partial charge in [0.05, 0.1) is 22.3 Å². The summed E-state index contributed by atoms with van der Waals surface area (Å²) < 4.78 is 3.66. The van der Waals surface area contributed by atoms with E-state index >= 15 is 0 Å². The fraction of sp³-hybridized carbons (Fsp3) is 0.0833. The predicted octanol–water partition coefficient (Wildman–Crippen LogP) is 4.85. The van der Waals surface area contributed by atoms with E-state index in [0.717, 1.165) is 44.3 Å². The molecule has 2 aromatic heterocycles. The van der Waals surface area contributed by atoms with Crippen LogP contribution in [0.4, 0.5) is 0 Å². The van der Waals surface area contributed by atoms with Gasteiger partial charge in [-0.05, 0) is 31.2 Å². The van der Waals surface area contributed by atoms with Gasteiger partial charge in [0.15, 0.2) is 0 Å². The molecule has 0 saturated heterocycles. The summed E-state index contributed by atoms with van der Waals surface area (Å²) in [5.74, 6) is 0. The summed E-state index contributed by atoms with van der Waals surface area (Å²) in [5, 5.41) is 1.99. The third-order valence-corrected chi connectivity index (χ3v) is 5.39. The van der Waals surface area contributed by atoms with E-state index < -0.39 is 0 Å². The molecule has 0 atom stereocenters. The van der Waals surface area contributed by atoms with Crippen LogP contribution in [-0.4, -0.2) is 14.3 Å². The molecule has 0 N–H and O–H groups in total. The van der Waals surface area contributed by atoms with Crippen molar-refractivity contribution in [1.82, 2.24) is 14.3 Å². The lowest BCUT2D eigenvalue weighted by atomic mass is 9.96. The van der Waals surface area contributed by atoms with Crippen LogP contribution in [-0.2, 0) is 7.05 Å². The third-order valence-electron chi connectivity index (χ3n) is 5.39. The highest BCUT2D eigenvalue weighted by molar-refractivity contribution is 6.09. The monoisotopic (exact) mass is 365 g/mol. The van der Waals surface area contributed by atoms with Gasteiger partial charge in [0.2, 0.25) is 0 Å². The number of aromatic nitrogens is 3. The average molecular weight is 365 g/mol. The highest BCUT2D eigenvalue weighted by atomic mass is 16.1. The van der Waals surface area contributed by atoms with Crippen LogP contribution in [0.5, 0.6) is 0 Å². The maximum atomic E-state index is 13.6. The van der Waals surface area contributed by atoms with E-state index in [1.165, 1.54) is 0 Å². The van der Waals surface area contributed by atoms with Crippen molar-refractivity contribution < 1.29 is 0 Å². The summed E-state index contributed by atoms with van der Waals surface area (Å²) in [4.78, 5) is 18.4. The predicted molar refractivity (Wildman–Crippen MR) is 114 cm³/mol. The number of rotatable bonds is 2. The first-order valence-electron chi connectivity index (χ1n) is 9.28. The molecule has 4 nitrogen and oxygen atoms in total. The lowest BCUT2D eigenvalue weighted by Crippen LogP contribution is -2.20. The SMILES string of the molecule is Cc1c(-c2c3ccccc3nc3ccccc23)c(=O)n(-c2ccccc2)n1C. The van der Waals surface area contributed by atoms with Crippen LogP contribution in [0.3, 0.4) is 0 Å². The minimum absolute atomic E-state index is 0.0206. The Hall–Kier alpha value is -3.66. The Labute approximate surface area is 162 Å². The van der Waals surface area contributed by atoms with Crippen LogP contribution >= 0.6 is 0 Å². The summed E-state index contributed by atoms with van der Waals surface area (Å²) in [6.07, 6.45) is 0. The van der Waals surface area contributed by atoms with E-state index in [4.69, 9.17) is 4.98 Å². The molecule has 0 spiro atoms. The standard InChI is InChI=1S/C24H19N3O/c1-16-22(24(28)27(26(16)2)17-10-4-3-5-11-17)23-18-12-6-8-14-20(18)25-21-15-9-7-13-19(21)23/h3-15H,1-2H3. The van der Waals surface area contributed by atoms with E-state index in [9.17, 15) is 4.79 Å². The fourth-order valence-electron chi connectivity index (χ4n) is 3.97. The number of nitrogens with zero attached hydrogens (tertiary/aromatic N) is 3. The molecule has 5 rings (SSSR count). The van der Waals surface area contributed by atoms with Crippen molar-refractivity contribution in [2.75, 3.05) is 0 Å². The molecule has 4 heteroatoms. The smallest absolute Gasteiger partial charge is 0.279 e. The van der Waals surface area contributed by atoms with Crippen molar-refractivity contribution in [2.24, 2.45) is 7.05 Å². The van der Waals surface area contributed by atoms with Crippen molar-refractivity contribution in [3.63, 3.8) is 0 Å². The number of hydrogen-bond donors (Lipinski definition) is 0. The van der Waals surface area contributed by atoms with Gasteiger partial charge in [0.1, 0.15) is 0 Å². The summed E-state index contributed by atoms with van der Waals surface area (Å²) in [6, 6.07) is 25.8. The highest BCUT2D eigenvalue weighted by Gasteiger charge is 2.21. The zero-order valence-corrected chi connectivity index (χ0v) is 15.8. The summed E-state index contributed by atoms with van der Waals surface area (Å²) in [5.41, 5.74) is 5.22. The third kappa shape index (κ3) is 2.31. The van der Waals surface area contributed by atoms with Crippen molar-refractivity contribution in [1.29, 1.82) is 0 Å². The topological polar surface area (TPSA) is 39.8 Å². The first kappa shape index (κ1) is 16.5. The lowest BCUT2D eigenvalue weighted by molar-refractivity contribution is 0.630. The number of hydrogen-bond acceptors (Lipinski definition) is 2. The van der Waals surface area contributed by atoms with E-state index in [1.807, 2.05) is 97.5 Å². The molecule has 3 aromatic carbocycles. The van der Waals surface area contributed by atoms with Gasteiger partial charge in [0.25, 0.3) is 5.56 Å². The first-order valence-corrected chi connectivity index (χ1v) is 9.28. The first-order chi connectivity index (χ1) is 13.7. The molecule has 0 bridgehead atoms. The van der Waals surface area contributed by atoms with E-state index in [1.54, 1.807) is 4.68 Å². The molecule has 0 aliphatic rings. The highest BCUT2D eigenvalue weighted by Crippen LogP contribution is 2.35. The van der Waals surface area contributed by atoms with Crippen molar-refractivity contribution in [3.8, 4) is 16.8 Å². The van der Waals surface area contributed by atoms with Crippen molar-refractivity contribution in [2.45, 2.75) is 6.92 Å². The Bertz CT molecular complexity index is 1340. The number of fused-ring (bicyclic) bond motifs is 2. The minimum atomic E-state index is -0.0206. The second kappa shape index (κ2) is 6.20. The van der Waals surface area contributed by atoms with E-state index in [-0.39, 0.29) is 5.56 Å². The molecule has 0 aliphatic heterocycles. The Morgan fingerprint density at radius 3 is 1.86 bits per heavy atom. The second-order valence-corrected chi connectivity index (χ2v) is 6.96. The van der Waals surface area contributed by atoms with Gasteiger partial charge >= 0.3 is 0 Å². The molecular weight excluding hydrogens is 346 g/mol. The van der Waals surface area contributed by atoms with Gasteiger partial charge in [0, 0.05) is 29.1 Å². The number of benzene rings is 3. The molecule has 0 fully saturated rings. The summed E-state index contributed by atoms with van der Waals surface area (Å²) >= 11 is 0. The van der Waals surface area contributed by atoms with Crippen LogP contribution < -0.4 is 5.56 Å². The molecular formula is C24H19N3O. The fourth-order valence-corrected chi connectivity index (χ4v) is 3.97. The van der Waals surface area contributed by atoms with Crippen LogP contribution in [0.15, 0.2) is 83.7 Å². The van der Waals surface area contributed by atoms with Gasteiger partial charge in [-0.2, -0.15) is 0 Å². The van der Waals surface area contributed by atoms with Gasteiger partial charge in [-0.3, -0.25) is 9.48 Å². The molecule has 28 heavy (non-hydrogen) atoms. The van der Waals surface area contributed by atoms with Crippen molar-refractivity contribution >= 4 is 21.8 Å². The Morgan fingerprint density at radius 2 is 1.25 bits per heavy atom. The van der Waals surface area contributed by atoms with Gasteiger partial charge in [-0.1, -0.05) is 54.6 Å². The maximum Gasteiger partial charge on any atom is 0.279 e. The van der Waals surface area contributed by atoms with Gasteiger partial charge in [-0.15, -0.1) is 0 Å². The van der Waals surface area contributed by atoms with E-state index in [0.29, 0.717) is 0 Å². The summed E-state index contributed by atoms with van der Waals surface area (Å²) in [6.45, 7) is 2.00. The molecule has 0 radical (unpaired) electrons. The lowest BCUT2D eigenvalue weighted by Gasteiger charge is -2.10. The minimum Gasteiger partial charge on any atom is -0.285 e. The zero-order chi connectivity index (χ0) is 19.3. The molecule has 0 aliphatic carbocycles. The quantitative estimate of drug-likeness (QED) is 0.420. The van der Waals surface area contributed by atoms with E-state index in [2.05, 4.69) is 0 Å². The maximum absolute atomic E-state index is 13.6. The average Bonchev–Trinajstić information content (AvgIpc) is 2.95. The molecule has 0 saturated carbocycles. The molecule has 2 heterocycles. The largest absolute Gasteiger partial charge is 0.285 e. The second-order valence-electron chi connectivity index (χ2n) is 6.96. The molecule has 5 aromatic rings. The van der Waals surface area contributed by atoms with Crippen LogP contribution in [0.25, 0.3) is 38.6 Å². The van der Waals surface area contributed by atoms with Crippen LogP contribution in [0.1, 0.15) is 5.69 Å². The molecule has 136 valence electrons. The molecule has 0 amide bonds. The normalized spacial score (nSPS) is 11.4. The summed E-state index contributed by atoms with van der Waals surface area (Å²) in [7, 11) is 1.93. The van der Waals surface area contributed by atoms with Gasteiger partial charge < -0.3 is 0 Å². The molecule has 0 unspecified atom stereocenters. The van der Waals surface area contributed by atoms with Gasteiger partial charge in [-0.25, -0.2) is 9.67 Å².